The molecule has 0 bridgehead atoms. The van der Waals surface area contributed by atoms with Gasteiger partial charge in [-0.2, -0.15) is 0 Å². The van der Waals surface area contributed by atoms with Gasteiger partial charge in [0.05, 0.1) is 20.1 Å². The Hall–Kier alpha value is -4.32. The standard InChI is InChI=1S/C31H38N4O5/c1-20-19-26(35(17-15-27(36)39-6)29(37)23-9-10-23)21(2)18-24(20)8-7-16-33-25-13-11-22(12-14-25)28(32)34-30(38)40-31(3,4)5/h11-14,18-19,23,33H,9-10,15-17H2,1-6H3,(H2,32,34,38). The Bertz CT molecular complexity index is 1330. The summed E-state index contributed by atoms with van der Waals surface area (Å²) in [7, 11) is 1.35. The predicted molar refractivity (Wildman–Crippen MR) is 156 cm³/mol. The molecule has 2 amide bonds. The van der Waals surface area contributed by atoms with Gasteiger partial charge in [0.2, 0.25) is 5.91 Å². The van der Waals surface area contributed by atoms with Gasteiger partial charge in [0.15, 0.2) is 0 Å². The Morgan fingerprint density at radius 3 is 2.35 bits per heavy atom. The maximum atomic E-state index is 13.0. The maximum absolute atomic E-state index is 13.0. The summed E-state index contributed by atoms with van der Waals surface area (Å²) in [5, 5.41) is 13.7. The van der Waals surface area contributed by atoms with Gasteiger partial charge in [-0.1, -0.05) is 11.8 Å². The van der Waals surface area contributed by atoms with Crippen LogP contribution in [0.2, 0.25) is 0 Å². The van der Waals surface area contributed by atoms with Crippen LogP contribution in [0.1, 0.15) is 62.3 Å². The van der Waals surface area contributed by atoms with Crippen LogP contribution < -0.4 is 15.5 Å². The monoisotopic (exact) mass is 546 g/mol. The maximum Gasteiger partial charge on any atom is 0.413 e. The molecule has 0 unspecified atom stereocenters. The molecule has 1 aliphatic carbocycles. The molecule has 0 aromatic heterocycles. The van der Waals surface area contributed by atoms with Gasteiger partial charge in [0.1, 0.15) is 11.4 Å². The first kappa shape index (κ1) is 30.2. The van der Waals surface area contributed by atoms with Crippen molar-refractivity contribution in [1.29, 1.82) is 5.41 Å². The number of anilines is 2. The number of carbonyl (C=O) groups excluding carboxylic acids is 3. The Morgan fingerprint density at radius 1 is 1.07 bits per heavy atom. The second-order valence-electron chi connectivity index (χ2n) is 10.8. The van der Waals surface area contributed by atoms with E-state index in [1.54, 1.807) is 37.8 Å². The Labute approximate surface area is 236 Å². The van der Waals surface area contributed by atoms with E-state index in [-0.39, 0.29) is 36.6 Å². The lowest BCUT2D eigenvalue weighted by molar-refractivity contribution is -0.140. The molecular formula is C31H38N4O5. The number of aryl methyl sites for hydroxylation is 2. The van der Waals surface area contributed by atoms with Crippen LogP contribution in [0.4, 0.5) is 16.2 Å². The van der Waals surface area contributed by atoms with Crippen LogP contribution in [0, 0.1) is 37.0 Å². The summed E-state index contributed by atoms with van der Waals surface area (Å²) in [4.78, 5) is 38.3. The van der Waals surface area contributed by atoms with Crippen molar-refractivity contribution in [3.63, 3.8) is 0 Å². The lowest BCUT2D eigenvalue weighted by atomic mass is 10.0. The number of amidine groups is 1. The summed E-state index contributed by atoms with van der Waals surface area (Å²) in [6.07, 6.45) is 1.24. The van der Waals surface area contributed by atoms with Gasteiger partial charge in [0.25, 0.3) is 0 Å². The van der Waals surface area contributed by atoms with Crippen LogP contribution in [0.25, 0.3) is 0 Å². The second kappa shape index (κ2) is 13.2. The Morgan fingerprint density at radius 2 is 1.75 bits per heavy atom. The van der Waals surface area contributed by atoms with Crippen LogP contribution in [0.3, 0.4) is 0 Å². The van der Waals surface area contributed by atoms with Crippen LogP contribution in [-0.2, 0) is 19.1 Å². The van der Waals surface area contributed by atoms with Gasteiger partial charge in [-0.25, -0.2) is 4.79 Å². The fourth-order valence-electron chi connectivity index (χ4n) is 3.95. The zero-order chi connectivity index (χ0) is 29.4. The van der Waals surface area contributed by atoms with Gasteiger partial charge < -0.3 is 19.7 Å². The molecule has 1 saturated carbocycles. The van der Waals surface area contributed by atoms with Crippen molar-refractivity contribution in [2.24, 2.45) is 5.92 Å². The van der Waals surface area contributed by atoms with Gasteiger partial charge in [-0.05, 0) is 95.0 Å². The largest absolute Gasteiger partial charge is 0.469 e. The average Bonchev–Trinajstić information content (AvgIpc) is 3.73. The van der Waals surface area contributed by atoms with Crippen LogP contribution >= 0.6 is 0 Å². The summed E-state index contributed by atoms with van der Waals surface area (Å²) < 4.78 is 9.95. The fraction of sp³-hybridized carbons (Fsp3) is 0.419. The number of alkyl carbamates (subject to hydrolysis) is 1. The lowest BCUT2D eigenvalue weighted by Crippen LogP contribution is -2.36. The average molecular weight is 547 g/mol. The zero-order valence-electron chi connectivity index (χ0n) is 24.1. The molecule has 0 radical (unpaired) electrons. The van der Waals surface area contributed by atoms with E-state index >= 15 is 0 Å². The number of esters is 1. The molecule has 1 fully saturated rings. The molecule has 0 spiro atoms. The third kappa shape index (κ3) is 8.87. The quantitative estimate of drug-likeness (QED) is 0.187. The first-order chi connectivity index (χ1) is 18.9. The van der Waals surface area contributed by atoms with Crippen molar-refractivity contribution in [3.8, 4) is 11.8 Å². The van der Waals surface area contributed by atoms with Crippen molar-refractivity contribution in [3.05, 3.63) is 58.7 Å². The molecule has 2 aromatic carbocycles. The highest BCUT2D eigenvalue weighted by Gasteiger charge is 2.34. The lowest BCUT2D eigenvalue weighted by Gasteiger charge is -2.25. The number of ether oxygens (including phenoxy) is 2. The number of hydrogen-bond donors (Lipinski definition) is 3. The van der Waals surface area contributed by atoms with Crippen molar-refractivity contribution in [2.45, 2.75) is 59.5 Å². The highest BCUT2D eigenvalue weighted by molar-refractivity contribution is 6.04. The molecule has 2 aromatic rings. The van der Waals surface area contributed by atoms with Crippen LogP contribution in [0.5, 0.6) is 0 Å². The minimum atomic E-state index is -0.669. The molecule has 9 heteroatoms. The summed E-state index contributed by atoms with van der Waals surface area (Å²) in [6, 6.07) is 11.0. The minimum Gasteiger partial charge on any atom is -0.469 e. The van der Waals surface area contributed by atoms with E-state index in [0.29, 0.717) is 12.1 Å². The highest BCUT2D eigenvalue weighted by atomic mass is 16.6. The third-order valence-electron chi connectivity index (χ3n) is 6.20. The molecule has 212 valence electrons. The number of hydrogen-bond acceptors (Lipinski definition) is 7. The number of methoxy groups -OCH3 is 1. The van der Waals surface area contributed by atoms with E-state index in [1.807, 2.05) is 38.1 Å². The van der Waals surface area contributed by atoms with Crippen molar-refractivity contribution < 1.29 is 23.9 Å². The normalized spacial score (nSPS) is 12.4. The number of nitrogens with one attached hydrogen (secondary N) is 3. The molecule has 40 heavy (non-hydrogen) atoms. The number of nitrogens with zero attached hydrogens (tertiary/aromatic N) is 1. The topological polar surface area (TPSA) is 121 Å². The summed E-state index contributed by atoms with van der Waals surface area (Å²) in [5.74, 6) is 6.03. The van der Waals surface area contributed by atoms with Gasteiger partial charge in [-0.15, -0.1) is 0 Å². The van der Waals surface area contributed by atoms with Gasteiger partial charge in [-0.3, -0.25) is 20.3 Å². The van der Waals surface area contributed by atoms with Crippen LogP contribution in [0.15, 0.2) is 36.4 Å². The van der Waals surface area contributed by atoms with E-state index in [2.05, 4.69) is 22.5 Å². The van der Waals surface area contributed by atoms with Crippen molar-refractivity contribution >= 4 is 35.2 Å². The SMILES string of the molecule is COC(=O)CCN(C(=O)C1CC1)c1cc(C)c(C#CCNc2ccc(C(=N)NC(=O)OC(C)(C)C)cc2)cc1C. The molecule has 3 rings (SSSR count). The van der Waals surface area contributed by atoms with Crippen LogP contribution in [-0.4, -0.2) is 49.6 Å². The fourth-order valence-corrected chi connectivity index (χ4v) is 3.95. The van der Waals surface area contributed by atoms with Gasteiger partial charge >= 0.3 is 12.1 Å². The Balaban J connectivity index is 1.61. The molecular weight excluding hydrogens is 508 g/mol. The summed E-state index contributed by atoms with van der Waals surface area (Å²) in [5.41, 5.74) is 4.26. The highest BCUT2D eigenvalue weighted by Crippen LogP contribution is 2.34. The first-order valence-electron chi connectivity index (χ1n) is 13.3. The third-order valence-corrected chi connectivity index (χ3v) is 6.20. The molecule has 0 atom stereocenters. The zero-order valence-corrected chi connectivity index (χ0v) is 24.1. The van der Waals surface area contributed by atoms with E-state index in [1.165, 1.54) is 7.11 Å². The summed E-state index contributed by atoms with van der Waals surface area (Å²) >= 11 is 0. The molecule has 9 nitrogen and oxygen atoms in total. The van der Waals surface area contributed by atoms with Crippen molar-refractivity contribution in [1.82, 2.24) is 5.32 Å². The smallest absolute Gasteiger partial charge is 0.413 e. The van der Waals surface area contributed by atoms with E-state index < -0.39 is 11.7 Å². The number of carbonyl (C=O) groups is 3. The molecule has 3 N–H and O–H groups in total. The van der Waals surface area contributed by atoms with E-state index in [4.69, 9.17) is 14.9 Å². The predicted octanol–water partition coefficient (Wildman–Crippen LogP) is 4.92. The van der Waals surface area contributed by atoms with Crippen molar-refractivity contribution in [2.75, 3.05) is 30.4 Å². The summed E-state index contributed by atoms with van der Waals surface area (Å²) in [6.45, 7) is 9.88. The molecule has 0 heterocycles. The second-order valence-corrected chi connectivity index (χ2v) is 10.8. The molecule has 0 aliphatic heterocycles. The minimum absolute atomic E-state index is 0.0313. The Kier molecular flexibility index (Phi) is 9.94. The molecule has 1 aliphatic rings. The first-order valence-corrected chi connectivity index (χ1v) is 13.3. The number of benzene rings is 2. The number of rotatable bonds is 8. The molecule has 0 saturated heterocycles. The van der Waals surface area contributed by atoms with E-state index in [0.717, 1.165) is 40.9 Å². The van der Waals surface area contributed by atoms with E-state index in [9.17, 15) is 14.4 Å². The van der Waals surface area contributed by atoms with Gasteiger partial charge in [0, 0.05) is 35.0 Å². The number of amides is 2.